The summed E-state index contributed by atoms with van der Waals surface area (Å²) < 4.78 is 1.01. The van der Waals surface area contributed by atoms with Gasteiger partial charge in [-0.15, -0.1) is 0 Å². The highest BCUT2D eigenvalue weighted by Crippen LogP contribution is 2.29. The van der Waals surface area contributed by atoms with E-state index in [1.54, 1.807) is 0 Å². The van der Waals surface area contributed by atoms with E-state index in [1.165, 1.54) is 0 Å². The van der Waals surface area contributed by atoms with Gasteiger partial charge in [0.05, 0.1) is 5.69 Å². The molecule has 1 nitrogen and oxygen atoms in total. The summed E-state index contributed by atoms with van der Waals surface area (Å²) in [5, 5.41) is 4.90. The van der Waals surface area contributed by atoms with E-state index in [0.717, 1.165) is 36.9 Å². The minimum absolute atomic E-state index is 0.706. The Hall–Kier alpha value is -0.700. The molecule has 0 atom stereocenters. The molecule has 0 fully saturated rings. The number of benzene rings is 2. The maximum Gasteiger partial charge on any atom is 0.0502 e. The first-order valence-corrected chi connectivity index (χ1v) is 7.47. The predicted molar refractivity (Wildman–Crippen MR) is 87.4 cm³/mol. The average molecular weight is 359 g/mol. The molecule has 1 N–H and O–H groups in total. The van der Waals surface area contributed by atoms with Crippen molar-refractivity contribution in [2.75, 3.05) is 5.32 Å². The van der Waals surface area contributed by atoms with Gasteiger partial charge in [0.1, 0.15) is 0 Å². The molecule has 2 aromatic rings. The van der Waals surface area contributed by atoms with Crippen molar-refractivity contribution < 1.29 is 0 Å². The quantitative estimate of drug-likeness (QED) is 0.710. The molecule has 0 aromatic heterocycles. The van der Waals surface area contributed by atoms with Gasteiger partial charge in [-0.2, -0.15) is 0 Å². The van der Waals surface area contributed by atoms with Crippen LogP contribution in [0.4, 0.5) is 5.69 Å². The van der Waals surface area contributed by atoms with Crippen LogP contribution < -0.4 is 5.32 Å². The number of rotatable bonds is 3. The van der Waals surface area contributed by atoms with Crippen molar-refractivity contribution >= 4 is 44.8 Å². The lowest BCUT2D eigenvalue weighted by atomic mass is 10.1. The summed E-state index contributed by atoms with van der Waals surface area (Å²) in [6.45, 7) is 4.69. The Labute approximate surface area is 132 Å². The maximum atomic E-state index is 6.13. The van der Waals surface area contributed by atoms with E-state index in [-0.39, 0.29) is 0 Å². The van der Waals surface area contributed by atoms with E-state index < -0.39 is 0 Å². The fourth-order valence-electron chi connectivity index (χ4n) is 1.73. The minimum atomic E-state index is 0.706. The molecule has 2 rings (SSSR count). The summed E-state index contributed by atoms with van der Waals surface area (Å²) in [5.41, 5.74) is 4.26. The Balaban J connectivity index is 2.14. The van der Waals surface area contributed by atoms with Gasteiger partial charge in [0, 0.05) is 21.1 Å². The fraction of sp³-hybridized carbons (Fsp3) is 0.200. The first-order chi connectivity index (χ1) is 8.97. The molecule has 0 bridgehead atoms. The summed E-state index contributed by atoms with van der Waals surface area (Å²) in [6, 6.07) is 10.0. The van der Waals surface area contributed by atoms with Crippen molar-refractivity contribution in [1.82, 2.24) is 0 Å². The van der Waals surface area contributed by atoms with Crippen LogP contribution in [0.2, 0.25) is 10.0 Å². The van der Waals surface area contributed by atoms with Gasteiger partial charge in [0.15, 0.2) is 0 Å². The SMILES string of the molecule is Cc1ccc(CNc2cc(Cl)c(C)cc2Br)cc1Cl. The highest BCUT2D eigenvalue weighted by atomic mass is 79.9. The highest BCUT2D eigenvalue weighted by Gasteiger charge is 2.04. The second-order valence-electron chi connectivity index (χ2n) is 4.52. The van der Waals surface area contributed by atoms with Crippen LogP contribution >= 0.6 is 39.1 Å². The van der Waals surface area contributed by atoms with Crippen LogP contribution in [0, 0.1) is 13.8 Å². The summed E-state index contributed by atoms with van der Waals surface area (Å²) in [6.07, 6.45) is 0. The van der Waals surface area contributed by atoms with Gasteiger partial charge in [0.25, 0.3) is 0 Å². The summed E-state index contributed by atoms with van der Waals surface area (Å²) in [7, 11) is 0. The molecule has 0 radical (unpaired) electrons. The van der Waals surface area contributed by atoms with Crippen LogP contribution in [0.15, 0.2) is 34.8 Å². The van der Waals surface area contributed by atoms with Gasteiger partial charge in [-0.1, -0.05) is 35.3 Å². The lowest BCUT2D eigenvalue weighted by Gasteiger charge is -2.11. The highest BCUT2D eigenvalue weighted by molar-refractivity contribution is 9.10. The van der Waals surface area contributed by atoms with E-state index in [4.69, 9.17) is 23.2 Å². The molecule has 0 saturated carbocycles. The first kappa shape index (κ1) is 14.7. The van der Waals surface area contributed by atoms with E-state index in [9.17, 15) is 0 Å². The van der Waals surface area contributed by atoms with E-state index in [0.29, 0.717) is 6.54 Å². The van der Waals surface area contributed by atoms with E-state index >= 15 is 0 Å². The summed E-state index contributed by atoms with van der Waals surface area (Å²) in [4.78, 5) is 0. The van der Waals surface area contributed by atoms with Gasteiger partial charge in [0.2, 0.25) is 0 Å². The third-order valence-electron chi connectivity index (χ3n) is 2.97. The van der Waals surface area contributed by atoms with Gasteiger partial charge < -0.3 is 5.32 Å². The van der Waals surface area contributed by atoms with Crippen molar-refractivity contribution in [2.24, 2.45) is 0 Å². The Morgan fingerprint density at radius 2 is 1.68 bits per heavy atom. The van der Waals surface area contributed by atoms with Gasteiger partial charge in [-0.25, -0.2) is 0 Å². The number of anilines is 1. The Morgan fingerprint density at radius 3 is 2.37 bits per heavy atom. The second kappa shape index (κ2) is 6.17. The van der Waals surface area contributed by atoms with Crippen LogP contribution in [0.25, 0.3) is 0 Å². The van der Waals surface area contributed by atoms with Crippen molar-refractivity contribution in [1.29, 1.82) is 0 Å². The molecule has 0 saturated heterocycles. The van der Waals surface area contributed by atoms with Gasteiger partial charge >= 0.3 is 0 Å². The van der Waals surface area contributed by atoms with E-state index in [1.807, 2.05) is 38.1 Å². The smallest absolute Gasteiger partial charge is 0.0502 e. The maximum absolute atomic E-state index is 6.13. The van der Waals surface area contributed by atoms with Crippen LogP contribution in [-0.4, -0.2) is 0 Å². The van der Waals surface area contributed by atoms with Crippen LogP contribution in [0.1, 0.15) is 16.7 Å². The number of hydrogen-bond donors (Lipinski definition) is 1. The van der Waals surface area contributed by atoms with Crippen molar-refractivity contribution in [3.05, 3.63) is 61.5 Å². The van der Waals surface area contributed by atoms with Crippen LogP contribution in [0.5, 0.6) is 0 Å². The molecule has 0 amide bonds. The fourth-order valence-corrected chi connectivity index (χ4v) is 2.69. The molecular formula is C15H14BrCl2N. The molecule has 2 aromatic carbocycles. The Kier molecular flexibility index (Phi) is 4.77. The number of halogens is 3. The molecule has 100 valence electrons. The molecule has 0 heterocycles. The van der Waals surface area contributed by atoms with E-state index in [2.05, 4.69) is 27.3 Å². The molecule has 0 aliphatic carbocycles. The topological polar surface area (TPSA) is 12.0 Å². The first-order valence-electron chi connectivity index (χ1n) is 5.92. The standard InChI is InChI=1S/C15H14BrCl2N/c1-9-3-4-11(6-13(9)17)8-19-15-7-14(18)10(2)5-12(15)16/h3-7,19H,8H2,1-2H3. The zero-order valence-electron chi connectivity index (χ0n) is 10.7. The molecule has 19 heavy (non-hydrogen) atoms. The molecule has 0 spiro atoms. The molecular weight excluding hydrogens is 345 g/mol. The summed E-state index contributed by atoms with van der Waals surface area (Å²) in [5.74, 6) is 0. The van der Waals surface area contributed by atoms with Crippen molar-refractivity contribution in [3.8, 4) is 0 Å². The normalized spacial score (nSPS) is 10.6. The Morgan fingerprint density at radius 1 is 1.00 bits per heavy atom. The minimum Gasteiger partial charge on any atom is -0.380 e. The molecule has 0 aliphatic rings. The lowest BCUT2D eigenvalue weighted by molar-refractivity contribution is 1.14. The number of nitrogens with one attached hydrogen (secondary N) is 1. The van der Waals surface area contributed by atoms with Crippen LogP contribution in [0.3, 0.4) is 0 Å². The molecule has 4 heteroatoms. The van der Waals surface area contributed by atoms with Crippen molar-refractivity contribution in [2.45, 2.75) is 20.4 Å². The third kappa shape index (κ3) is 3.65. The van der Waals surface area contributed by atoms with Crippen LogP contribution in [-0.2, 0) is 6.54 Å². The second-order valence-corrected chi connectivity index (χ2v) is 6.19. The average Bonchev–Trinajstić information content (AvgIpc) is 2.36. The summed E-state index contributed by atoms with van der Waals surface area (Å²) >= 11 is 15.8. The Bertz CT molecular complexity index is 611. The third-order valence-corrected chi connectivity index (χ3v) is 4.44. The number of hydrogen-bond acceptors (Lipinski definition) is 1. The number of aryl methyl sites for hydroxylation is 2. The zero-order valence-corrected chi connectivity index (χ0v) is 13.8. The van der Waals surface area contributed by atoms with Gasteiger partial charge in [-0.3, -0.25) is 0 Å². The lowest BCUT2D eigenvalue weighted by Crippen LogP contribution is -2.00. The zero-order chi connectivity index (χ0) is 14.0. The van der Waals surface area contributed by atoms with Gasteiger partial charge in [-0.05, 0) is 64.7 Å². The predicted octanol–water partition coefficient (Wildman–Crippen LogP) is 5.98. The molecule has 0 unspecified atom stereocenters. The van der Waals surface area contributed by atoms with Crippen molar-refractivity contribution in [3.63, 3.8) is 0 Å². The monoisotopic (exact) mass is 357 g/mol. The molecule has 0 aliphatic heterocycles. The largest absolute Gasteiger partial charge is 0.380 e.